The molecule has 0 spiro atoms. The zero-order chi connectivity index (χ0) is 19.2. The average Bonchev–Trinajstić information content (AvgIpc) is 2.65. The number of hydrogen-bond donors (Lipinski definition) is 1. The lowest BCUT2D eigenvalue weighted by atomic mass is 10.2. The minimum atomic E-state index is -0.322. The first-order chi connectivity index (χ1) is 12.6. The highest BCUT2D eigenvalue weighted by molar-refractivity contribution is 5.77. The predicted octanol–water partition coefficient (Wildman–Crippen LogP) is 2.02. The Morgan fingerprint density at radius 1 is 1.04 bits per heavy atom. The summed E-state index contributed by atoms with van der Waals surface area (Å²) in [6.07, 6.45) is 1.54. The van der Waals surface area contributed by atoms with Crippen LogP contribution in [0.1, 0.15) is 32.6 Å². The highest BCUT2D eigenvalue weighted by Gasteiger charge is 2.15. The van der Waals surface area contributed by atoms with Gasteiger partial charge in [0.05, 0.1) is 26.7 Å². The molecule has 0 unspecified atom stereocenters. The van der Waals surface area contributed by atoms with Gasteiger partial charge in [0.2, 0.25) is 5.91 Å². The van der Waals surface area contributed by atoms with Crippen LogP contribution in [-0.2, 0) is 14.3 Å². The molecule has 1 rings (SSSR count). The van der Waals surface area contributed by atoms with Crippen LogP contribution in [-0.4, -0.2) is 61.9 Å². The van der Waals surface area contributed by atoms with Crippen molar-refractivity contribution in [3.63, 3.8) is 0 Å². The molecule has 0 saturated carbocycles. The number of hydrogen-bond acceptors (Lipinski definition) is 6. The number of amides is 1. The maximum absolute atomic E-state index is 12.3. The van der Waals surface area contributed by atoms with Crippen molar-refractivity contribution in [2.24, 2.45) is 0 Å². The number of rotatable bonds is 13. The summed E-state index contributed by atoms with van der Waals surface area (Å²) in [6.45, 7) is 3.22. The van der Waals surface area contributed by atoms with E-state index in [-0.39, 0.29) is 24.9 Å². The lowest BCUT2D eigenvalue weighted by molar-refractivity contribution is -0.144. The number of carbonyl (C=O) groups is 2. The van der Waals surface area contributed by atoms with E-state index in [0.717, 1.165) is 11.5 Å². The van der Waals surface area contributed by atoms with Crippen molar-refractivity contribution in [1.82, 2.24) is 4.90 Å². The van der Waals surface area contributed by atoms with Crippen LogP contribution < -0.4 is 9.47 Å². The molecule has 7 heteroatoms. The third-order valence-corrected chi connectivity index (χ3v) is 3.69. The van der Waals surface area contributed by atoms with Crippen molar-refractivity contribution in [1.29, 1.82) is 0 Å². The van der Waals surface area contributed by atoms with Crippen molar-refractivity contribution < 1.29 is 28.9 Å². The van der Waals surface area contributed by atoms with Crippen LogP contribution in [0.5, 0.6) is 11.5 Å². The fraction of sp³-hybridized carbons (Fsp3) is 0.579. The zero-order valence-corrected chi connectivity index (χ0v) is 15.6. The molecule has 1 amide bonds. The summed E-state index contributed by atoms with van der Waals surface area (Å²) in [5.74, 6) is 1.10. The average molecular weight is 367 g/mol. The van der Waals surface area contributed by atoms with Crippen LogP contribution in [0.4, 0.5) is 0 Å². The van der Waals surface area contributed by atoms with Gasteiger partial charge in [0.1, 0.15) is 11.5 Å². The Morgan fingerprint density at radius 2 is 1.73 bits per heavy atom. The first-order valence-corrected chi connectivity index (χ1v) is 8.91. The van der Waals surface area contributed by atoms with Gasteiger partial charge in [-0.15, -0.1) is 0 Å². The van der Waals surface area contributed by atoms with Crippen LogP contribution in [0, 0.1) is 0 Å². The molecule has 0 aromatic heterocycles. The Hall–Kier alpha value is -2.28. The summed E-state index contributed by atoms with van der Waals surface area (Å²) < 4.78 is 15.6. The van der Waals surface area contributed by atoms with Crippen molar-refractivity contribution in [3.8, 4) is 11.5 Å². The first-order valence-electron chi connectivity index (χ1n) is 8.91. The van der Waals surface area contributed by atoms with Crippen LogP contribution in [0.15, 0.2) is 24.3 Å². The largest absolute Gasteiger partial charge is 0.497 e. The third-order valence-electron chi connectivity index (χ3n) is 3.69. The Morgan fingerprint density at radius 3 is 2.35 bits per heavy atom. The maximum Gasteiger partial charge on any atom is 0.307 e. The zero-order valence-electron chi connectivity index (χ0n) is 15.6. The number of benzene rings is 1. The molecule has 0 aliphatic carbocycles. The number of ether oxygens (including phenoxy) is 3. The number of aliphatic hydroxyl groups excluding tert-OH is 1. The van der Waals surface area contributed by atoms with E-state index in [1.54, 1.807) is 18.9 Å². The van der Waals surface area contributed by atoms with Crippen molar-refractivity contribution >= 4 is 11.9 Å². The smallest absolute Gasteiger partial charge is 0.307 e. The standard InChI is InChI=1S/C19H29NO6/c1-3-25-19(23)11-13-20(12-5-14-21)18(22)6-4-15-26-17-9-7-16(24-2)8-10-17/h7-10,21H,3-6,11-15H2,1-2H3. The van der Waals surface area contributed by atoms with Gasteiger partial charge in [-0.05, 0) is 44.0 Å². The number of methoxy groups -OCH3 is 1. The molecule has 1 aromatic rings. The Kier molecular flexibility index (Phi) is 10.9. The van der Waals surface area contributed by atoms with Gasteiger partial charge in [-0.25, -0.2) is 0 Å². The number of carbonyl (C=O) groups excluding carboxylic acids is 2. The van der Waals surface area contributed by atoms with E-state index in [2.05, 4.69) is 0 Å². The molecule has 0 fully saturated rings. The second kappa shape index (κ2) is 13.0. The molecule has 0 bridgehead atoms. The van der Waals surface area contributed by atoms with E-state index in [0.29, 0.717) is 45.6 Å². The summed E-state index contributed by atoms with van der Waals surface area (Å²) in [7, 11) is 1.60. The molecular formula is C19H29NO6. The molecule has 146 valence electrons. The molecule has 0 aliphatic rings. The molecule has 0 atom stereocenters. The van der Waals surface area contributed by atoms with Gasteiger partial charge in [0.25, 0.3) is 0 Å². The van der Waals surface area contributed by atoms with Gasteiger partial charge in [-0.2, -0.15) is 0 Å². The minimum Gasteiger partial charge on any atom is -0.497 e. The second-order valence-electron chi connectivity index (χ2n) is 5.64. The molecule has 0 radical (unpaired) electrons. The van der Waals surface area contributed by atoms with Gasteiger partial charge in [-0.3, -0.25) is 9.59 Å². The van der Waals surface area contributed by atoms with Crippen molar-refractivity contribution in [2.45, 2.75) is 32.6 Å². The molecule has 1 aromatic carbocycles. The molecule has 0 heterocycles. The summed E-state index contributed by atoms with van der Waals surface area (Å²) in [5.41, 5.74) is 0. The molecule has 7 nitrogen and oxygen atoms in total. The Labute approximate surface area is 154 Å². The molecule has 1 N–H and O–H groups in total. The lowest BCUT2D eigenvalue weighted by Crippen LogP contribution is -2.34. The third kappa shape index (κ3) is 8.71. The molecular weight excluding hydrogens is 338 g/mol. The predicted molar refractivity (Wildman–Crippen MR) is 97.3 cm³/mol. The quantitative estimate of drug-likeness (QED) is 0.424. The Balaban J connectivity index is 2.35. The highest BCUT2D eigenvalue weighted by atomic mass is 16.5. The van der Waals surface area contributed by atoms with E-state index in [1.807, 2.05) is 24.3 Å². The SMILES string of the molecule is CCOC(=O)CCN(CCCO)C(=O)CCCOc1ccc(OC)cc1. The van der Waals surface area contributed by atoms with Gasteiger partial charge >= 0.3 is 5.97 Å². The van der Waals surface area contributed by atoms with Crippen LogP contribution >= 0.6 is 0 Å². The summed E-state index contributed by atoms with van der Waals surface area (Å²) in [4.78, 5) is 25.4. The topological polar surface area (TPSA) is 85.3 Å². The van der Waals surface area contributed by atoms with Crippen LogP contribution in [0.3, 0.4) is 0 Å². The fourth-order valence-electron chi connectivity index (χ4n) is 2.33. The molecule has 26 heavy (non-hydrogen) atoms. The number of esters is 1. The summed E-state index contributed by atoms with van der Waals surface area (Å²) in [5, 5.41) is 8.98. The highest BCUT2D eigenvalue weighted by Crippen LogP contribution is 2.17. The van der Waals surface area contributed by atoms with E-state index in [9.17, 15) is 9.59 Å². The van der Waals surface area contributed by atoms with Gasteiger partial charge in [-0.1, -0.05) is 0 Å². The molecule has 0 aliphatic heterocycles. The van der Waals surface area contributed by atoms with E-state index >= 15 is 0 Å². The van der Waals surface area contributed by atoms with Crippen LogP contribution in [0.2, 0.25) is 0 Å². The monoisotopic (exact) mass is 367 g/mol. The molecule has 0 saturated heterocycles. The van der Waals surface area contributed by atoms with E-state index in [4.69, 9.17) is 19.3 Å². The normalized spacial score (nSPS) is 10.3. The summed E-state index contributed by atoms with van der Waals surface area (Å²) >= 11 is 0. The van der Waals surface area contributed by atoms with Crippen molar-refractivity contribution in [2.75, 3.05) is 40.0 Å². The van der Waals surface area contributed by atoms with Gasteiger partial charge in [0.15, 0.2) is 0 Å². The van der Waals surface area contributed by atoms with E-state index < -0.39 is 0 Å². The van der Waals surface area contributed by atoms with Gasteiger partial charge < -0.3 is 24.2 Å². The second-order valence-corrected chi connectivity index (χ2v) is 5.64. The van der Waals surface area contributed by atoms with E-state index in [1.165, 1.54) is 0 Å². The maximum atomic E-state index is 12.3. The number of aliphatic hydroxyl groups is 1. The Bertz CT molecular complexity index is 531. The fourth-order valence-corrected chi connectivity index (χ4v) is 2.33. The van der Waals surface area contributed by atoms with Crippen molar-refractivity contribution in [3.05, 3.63) is 24.3 Å². The minimum absolute atomic E-state index is 0.00374. The number of nitrogens with zero attached hydrogens (tertiary/aromatic N) is 1. The first kappa shape index (κ1) is 21.8. The van der Waals surface area contributed by atoms with Gasteiger partial charge in [0, 0.05) is 26.1 Å². The lowest BCUT2D eigenvalue weighted by Gasteiger charge is -2.22. The summed E-state index contributed by atoms with van der Waals surface area (Å²) in [6, 6.07) is 7.25. The van der Waals surface area contributed by atoms with Crippen LogP contribution in [0.25, 0.3) is 0 Å².